The highest BCUT2D eigenvalue weighted by Crippen LogP contribution is 2.42. The van der Waals surface area contributed by atoms with Gasteiger partial charge in [0, 0.05) is 37.3 Å². The number of amides is 4. The van der Waals surface area contributed by atoms with Gasteiger partial charge in [0.05, 0.1) is 9.81 Å². The molecule has 4 rings (SSSR count). The lowest BCUT2D eigenvalue weighted by molar-refractivity contribution is -0.124. The third-order valence-electron chi connectivity index (χ3n) is 7.23. The molecule has 0 aliphatic carbocycles. The molecule has 220 valence electrons. The largest absolute Gasteiger partial charge is 0.326 e. The van der Waals surface area contributed by atoms with Gasteiger partial charge < -0.3 is 10.6 Å². The van der Waals surface area contributed by atoms with Crippen LogP contribution in [-0.2, 0) is 19.2 Å². The van der Waals surface area contributed by atoms with Crippen LogP contribution in [0.1, 0.15) is 47.9 Å². The number of aryl methyl sites for hydroxylation is 2. The van der Waals surface area contributed by atoms with Gasteiger partial charge in [-0.1, -0.05) is 72.2 Å². The predicted molar refractivity (Wildman–Crippen MR) is 178 cm³/mol. The molecule has 42 heavy (non-hydrogen) atoms. The number of nitrogens with zero attached hydrogens (tertiary/aromatic N) is 2. The fourth-order valence-electron chi connectivity index (χ4n) is 4.45. The molecule has 8 nitrogen and oxygen atoms in total. The maximum absolute atomic E-state index is 13.2. The molecular formula is C30H32N4O4S4. The second-order valence-corrected chi connectivity index (χ2v) is 13.4. The Balaban J connectivity index is 1.29. The molecule has 2 aliphatic heterocycles. The fraction of sp³-hybridized carbons (Fsp3) is 0.333. The molecule has 0 bridgehead atoms. The lowest BCUT2D eigenvalue weighted by Crippen LogP contribution is -2.31. The number of hydrogen-bond acceptors (Lipinski definition) is 8. The summed E-state index contributed by atoms with van der Waals surface area (Å²) >= 11 is 13.0. The Labute approximate surface area is 265 Å². The molecule has 0 aromatic heterocycles. The Kier molecular flexibility index (Phi) is 10.6. The molecule has 12 heteroatoms. The Morgan fingerprint density at radius 2 is 1.07 bits per heavy atom. The Bertz CT molecular complexity index is 1410. The van der Waals surface area contributed by atoms with Gasteiger partial charge in [0.15, 0.2) is 0 Å². The van der Waals surface area contributed by atoms with Crippen molar-refractivity contribution in [2.75, 3.05) is 23.7 Å². The summed E-state index contributed by atoms with van der Waals surface area (Å²) in [6.07, 6.45) is 1.28. The van der Waals surface area contributed by atoms with Crippen LogP contribution in [0.25, 0.3) is 0 Å². The molecule has 4 amide bonds. The molecule has 2 aromatic rings. The van der Waals surface area contributed by atoms with Gasteiger partial charge in [0.25, 0.3) is 11.8 Å². The number of thioether (sulfide) groups is 2. The average molecular weight is 641 g/mol. The quantitative estimate of drug-likeness (QED) is 0.242. The van der Waals surface area contributed by atoms with Crippen LogP contribution < -0.4 is 10.6 Å². The molecular weight excluding hydrogens is 609 g/mol. The van der Waals surface area contributed by atoms with E-state index in [1.165, 1.54) is 9.80 Å². The monoisotopic (exact) mass is 640 g/mol. The summed E-state index contributed by atoms with van der Waals surface area (Å²) in [5.41, 5.74) is 5.76. The number of carbonyl (C=O) groups is 4. The van der Waals surface area contributed by atoms with Crippen molar-refractivity contribution in [2.45, 2.75) is 53.4 Å². The van der Waals surface area contributed by atoms with Crippen molar-refractivity contribution in [1.82, 2.24) is 9.80 Å². The molecule has 2 saturated heterocycles. The summed E-state index contributed by atoms with van der Waals surface area (Å²) < 4.78 is 0.691. The molecule has 0 atom stereocenters. The second-order valence-electron chi connectivity index (χ2n) is 10.1. The first-order valence-corrected chi connectivity index (χ1v) is 16.0. The third kappa shape index (κ3) is 7.28. The first-order valence-electron chi connectivity index (χ1n) is 13.5. The zero-order valence-electron chi connectivity index (χ0n) is 23.9. The zero-order valence-corrected chi connectivity index (χ0v) is 27.1. The molecule has 2 heterocycles. The smallest absolute Gasteiger partial charge is 0.267 e. The van der Waals surface area contributed by atoms with Crippen LogP contribution >= 0.6 is 48.0 Å². The number of nitrogens with one attached hydrogen (secondary N) is 2. The van der Waals surface area contributed by atoms with Gasteiger partial charge in [-0.15, -0.1) is 0 Å². The van der Waals surface area contributed by atoms with Crippen LogP contribution in [0.15, 0.2) is 46.2 Å². The molecule has 0 unspecified atom stereocenters. The summed E-state index contributed by atoms with van der Waals surface area (Å²) in [4.78, 5) is 54.8. The van der Waals surface area contributed by atoms with Crippen LogP contribution in [0.4, 0.5) is 11.4 Å². The van der Waals surface area contributed by atoms with E-state index in [1.54, 1.807) is 0 Å². The highest BCUT2D eigenvalue weighted by Gasteiger charge is 2.41. The SMILES string of the molecule is Cc1cccc(NC(=O)CCCN2C(=O)/C(=C3\SC(=S)N(CCCC(=O)Nc4cccc(C)c4C)C3=O)SC2=S)c1C. The number of benzene rings is 2. The highest BCUT2D eigenvalue weighted by atomic mass is 32.2. The van der Waals surface area contributed by atoms with Gasteiger partial charge in [-0.25, -0.2) is 0 Å². The third-order valence-corrected chi connectivity index (χ3v) is 10.3. The van der Waals surface area contributed by atoms with Gasteiger partial charge in [-0.05, 0) is 74.9 Å². The van der Waals surface area contributed by atoms with E-state index in [2.05, 4.69) is 10.6 Å². The van der Waals surface area contributed by atoms with E-state index in [4.69, 9.17) is 24.4 Å². The second kappa shape index (κ2) is 13.9. The van der Waals surface area contributed by atoms with E-state index < -0.39 is 0 Å². The summed E-state index contributed by atoms with van der Waals surface area (Å²) in [6, 6.07) is 11.5. The Hall–Kier alpha value is -3.06. The van der Waals surface area contributed by atoms with Crippen molar-refractivity contribution >= 4 is 91.6 Å². The predicted octanol–water partition coefficient (Wildman–Crippen LogP) is 5.99. The summed E-state index contributed by atoms with van der Waals surface area (Å²) in [6.45, 7) is 8.42. The van der Waals surface area contributed by atoms with Crippen LogP contribution in [0, 0.1) is 27.7 Å². The molecule has 2 fully saturated rings. The first-order chi connectivity index (χ1) is 20.0. The van der Waals surface area contributed by atoms with Gasteiger partial charge >= 0.3 is 0 Å². The number of carbonyl (C=O) groups excluding carboxylic acids is 4. The molecule has 0 radical (unpaired) electrons. The zero-order chi connectivity index (χ0) is 30.6. The minimum absolute atomic E-state index is 0.141. The maximum atomic E-state index is 13.2. The lowest BCUT2D eigenvalue weighted by atomic mass is 10.1. The summed E-state index contributed by atoms with van der Waals surface area (Å²) in [5.74, 6) is -0.989. The molecule has 2 N–H and O–H groups in total. The fourth-order valence-corrected chi connectivity index (χ4v) is 7.22. The highest BCUT2D eigenvalue weighted by molar-refractivity contribution is 8.29. The van der Waals surface area contributed by atoms with E-state index in [9.17, 15) is 19.2 Å². The minimum atomic E-state index is -0.353. The topological polar surface area (TPSA) is 98.8 Å². The molecule has 0 spiro atoms. The van der Waals surface area contributed by atoms with Crippen LogP contribution in [0.3, 0.4) is 0 Å². The Morgan fingerprint density at radius 3 is 1.45 bits per heavy atom. The van der Waals surface area contributed by atoms with E-state index >= 15 is 0 Å². The van der Waals surface area contributed by atoms with Crippen molar-refractivity contribution < 1.29 is 19.2 Å². The number of anilines is 2. The minimum Gasteiger partial charge on any atom is -0.326 e. The van der Waals surface area contributed by atoms with Gasteiger partial charge in [0.1, 0.15) is 8.64 Å². The summed E-state index contributed by atoms with van der Waals surface area (Å²) in [7, 11) is 0. The summed E-state index contributed by atoms with van der Waals surface area (Å²) in [5, 5.41) is 5.85. The molecule has 0 saturated carbocycles. The van der Waals surface area contributed by atoms with Crippen LogP contribution in [0.5, 0.6) is 0 Å². The molecule has 2 aliphatic rings. The van der Waals surface area contributed by atoms with Crippen molar-refractivity contribution in [2.24, 2.45) is 0 Å². The lowest BCUT2D eigenvalue weighted by Gasteiger charge is -2.15. The van der Waals surface area contributed by atoms with Gasteiger partial charge in [-0.3, -0.25) is 29.0 Å². The van der Waals surface area contributed by atoms with Crippen molar-refractivity contribution in [3.63, 3.8) is 0 Å². The normalized spacial score (nSPS) is 17.0. The van der Waals surface area contributed by atoms with Crippen molar-refractivity contribution in [1.29, 1.82) is 0 Å². The van der Waals surface area contributed by atoms with E-state index in [0.717, 1.165) is 57.2 Å². The average Bonchev–Trinajstić information content (AvgIpc) is 3.38. The Morgan fingerprint density at radius 1 is 0.690 bits per heavy atom. The van der Waals surface area contributed by atoms with Crippen molar-refractivity contribution in [3.8, 4) is 0 Å². The molecule has 2 aromatic carbocycles. The van der Waals surface area contributed by atoms with Crippen LogP contribution in [-0.4, -0.2) is 55.2 Å². The van der Waals surface area contributed by atoms with Crippen molar-refractivity contribution in [3.05, 3.63) is 68.5 Å². The maximum Gasteiger partial charge on any atom is 0.267 e. The van der Waals surface area contributed by atoms with Gasteiger partial charge in [-0.2, -0.15) is 0 Å². The number of hydrogen-bond donors (Lipinski definition) is 2. The number of thiocarbonyl (C=S) groups is 2. The number of rotatable bonds is 10. The van der Waals surface area contributed by atoms with Gasteiger partial charge in [0.2, 0.25) is 11.8 Å². The standard InChI is InChI=1S/C30H32N4O4S4/c1-17-9-5-11-21(19(17)3)31-23(35)13-7-15-33-27(37)25(41-29(33)39)26-28(38)34(30(40)42-26)16-8-14-24(36)32-22-12-6-10-18(2)20(22)4/h5-6,9-12H,7-8,13-16H2,1-4H3,(H,31,35)(H,32,36)/b26-25+. The first kappa shape index (κ1) is 31.9. The van der Waals surface area contributed by atoms with E-state index in [1.807, 2.05) is 64.1 Å². The van der Waals surface area contributed by atoms with E-state index in [0.29, 0.717) is 21.5 Å². The van der Waals surface area contributed by atoms with Crippen LogP contribution in [0.2, 0.25) is 0 Å². The van der Waals surface area contributed by atoms with E-state index in [-0.39, 0.29) is 59.4 Å².